The van der Waals surface area contributed by atoms with Gasteiger partial charge < -0.3 is 15.5 Å². The topological polar surface area (TPSA) is 44.4 Å². The van der Waals surface area contributed by atoms with Crippen LogP contribution in [0.1, 0.15) is 57.8 Å². The van der Waals surface area contributed by atoms with E-state index in [1.165, 1.54) is 57.3 Å². The van der Waals surface area contributed by atoms with Gasteiger partial charge in [-0.15, -0.1) is 0 Å². The van der Waals surface area contributed by atoms with Gasteiger partial charge in [-0.25, -0.2) is 0 Å². The molecule has 1 saturated carbocycles. The van der Waals surface area contributed by atoms with Crippen molar-refractivity contribution in [1.82, 2.24) is 5.32 Å². The van der Waals surface area contributed by atoms with Gasteiger partial charge in [0.05, 0.1) is 0 Å². The number of anilines is 2. The van der Waals surface area contributed by atoms with E-state index in [-0.39, 0.29) is 5.91 Å². The number of benzene rings is 1. The molecule has 3 rings (SSSR count). The summed E-state index contributed by atoms with van der Waals surface area (Å²) in [4.78, 5) is 14.5. The summed E-state index contributed by atoms with van der Waals surface area (Å²) < 4.78 is 0. The zero-order chi connectivity index (χ0) is 16.6. The molecule has 0 unspecified atom stereocenters. The van der Waals surface area contributed by atoms with Crippen molar-refractivity contribution in [2.45, 2.75) is 63.8 Å². The third-order valence-corrected chi connectivity index (χ3v) is 5.24. The number of hydrogen-bond donors (Lipinski definition) is 2. The zero-order valence-electron chi connectivity index (χ0n) is 14.7. The van der Waals surface area contributed by atoms with Crippen LogP contribution in [-0.4, -0.2) is 31.6 Å². The van der Waals surface area contributed by atoms with Gasteiger partial charge in [0.25, 0.3) is 0 Å². The van der Waals surface area contributed by atoms with Crippen LogP contribution in [0.25, 0.3) is 0 Å². The minimum Gasteiger partial charge on any atom is -0.385 e. The average Bonchev–Trinajstić information content (AvgIpc) is 2.64. The average molecular weight is 329 g/mol. The van der Waals surface area contributed by atoms with Gasteiger partial charge in [0.15, 0.2) is 0 Å². The van der Waals surface area contributed by atoms with E-state index in [1.54, 1.807) is 0 Å². The maximum atomic E-state index is 12.0. The van der Waals surface area contributed by atoms with Crippen LogP contribution in [0.5, 0.6) is 0 Å². The van der Waals surface area contributed by atoms with Crippen molar-refractivity contribution >= 4 is 17.3 Å². The van der Waals surface area contributed by atoms with Gasteiger partial charge in [-0.3, -0.25) is 4.79 Å². The second kappa shape index (κ2) is 8.95. The number of rotatable bonds is 6. The van der Waals surface area contributed by atoms with E-state index in [2.05, 4.69) is 39.8 Å². The van der Waals surface area contributed by atoms with Gasteiger partial charge in [-0.2, -0.15) is 0 Å². The Bertz CT molecular complexity index is 502. The normalized spacial score (nSPS) is 19.1. The summed E-state index contributed by atoms with van der Waals surface area (Å²) >= 11 is 0. The van der Waals surface area contributed by atoms with Crippen molar-refractivity contribution in [2.75, 3.05) is 29.9 Å². The molecule has 1 aromatic rings. The van der Waals surface area contributed by atoms with Gasteiger partial charge >= 0.3 is 0 Å². The minimum absolute atomic E-state index is 0.180. The van der Waals surface area contributed by atoms with Crippen LogP contribution in [0.15, 0.2) is 24.3 Å². The molecule has 1 aliphatic heterocycles. The summed E-state index contributed by atoms with van der Waals surface area (Å²) in [7, 11) is 0. The molecule has 2 N–H and O–H groups in total. The Hall–Kier alpha value is -1.71. The largest absolute Gasteiger partial charge is 0.385 e. The number of piperidine rings is 1. The van der Waals surface area contributed by atoms with E-state index in [0.717, 1.165) is 18.5 Å². The molecule has 1 amide bonds. The fourth-order valence-electron chi connectivity index (χ4n) is 3.81. The smallest absolute Gasteiger partial charge is 0.221 e. The predicted molar refractivity (Wildman–Crippen MR) is 101 cm³/mol. The standard InChI is InChI=1S/C20H31N3O/c24-20(22-18-7-3-1-4-8-18)13-14-21-17-9-11-19(12-10-17)23-15-5-2-6-16-23/h9-12,18,21H,1-8,13-16H2,(H,22,24). The highest BCUT2D eigenvalue weighted by atomic mass is 16.1. The molecule has 2 aliphatic rings. The van der Waals surface area contributed by atoms with E-state index >= 15 is 0 Å². The molecule has 0 atom stereocenters. The van der Waals surface area contributed by atoms with E-state index < -0.39 is 0 Å². The van der Waals surface area contributed by atoms with E-state index in [1.807, 2.05) is 0 Å². The number of nitrogens with one attached hydrogen (secondary N) is 2. The summed E-state index contributed by atoms with van der Waals surface area (Å²) in [6.07, 6.45) is 10.6. The number of carbonyl (C=O) groups excluding carboxylic acids is 1. The van der Waals surface area contributed by atoms with Crippen LogP contribution in [0, 0.1) is 0 Å². The molecule has 0 aromatic heterocycles. The molecule has 1 saturated heterocycles. The van der Waals surface area contributed by atoms with Crippen molar-refractivity contribution in [3.05, 3.63) is 24.3 Å². The van der Waals surface area contributed by atoms with Crippen molar-refractivity contribution in [1.29, 1.82) is 0 Å². The Balaban J connectivity index is 1.37. The molecule has 2 fully saturated rings. The molecule has 0 radical (unpaired) electrons. The lowest BCUT2D eigenvalue weighted by Gasteiger charge is -2.28. The van der Waals surface area contributed by atoms with E-state index in [9.17, 15) is 4.79 Å². The van der Waals surface area contributed by atoms with Crippen molar-refractivity contribution in [3.63, 3.8) is 0 Å². The quantitative estimate of drug-likeness (QED) is 0.831. The first kappa shape index (κ1) is 17.1. The second-order valence-electron chi connectivity index (χ2n) is 7.17. The molecule has 4 nitrogen and oxygen atoms in total. The summed E-state index contributed by atoms with van der Waals surface area (Å²) in [6.45, 7) is 3.05. The Morgan fingerprint density at radius 2 is 1.62 bits per heavy atom. The number of amides is 1. The Morgan fingerprint density at radius 1 is 0.958 bits per heavy atom. The van der Waals surface area contributed by atoms with Gasteiger partial charge in [-0.1, -0.05) is 19.3 Å². The van der Waals surface area contributed by atoms with Crippen LogP contribution in [0.3, 0.4) is 0 Å². The van der Waals surface area contributed by atoms with Crippen LogP contribution in [0.4, 0.5) is 11.4 Å². The SMILES string of the molecule is O=C(CCNc1ccc(N2CCCCC2)cc1)NC1CCCCC1. The molecule has 132 valence electrons. The van der Waals surface area contributed by atoms with Gasteiger partial charge in [0.1, 0.15) is 0 Å². The highest BCUT2D eigenvalue weighted by molar-refractivity contribution is 5.76. The Morgan fingerprint density at radius 3 is 2.33 bits per heavy atom. The number of hydrogen-bond acceptors (Lipinski definition) is 3. The van der Waals surface area contributed by atoms with Crippen LogP contribution >= 0.6 is 0 Å². The summed E-state index contributed by atoms with van der Waals surface area (Å²) in [5, 5.41) is 6.54. The molecule has 1 heterocycles. The molecule has 1 aliphatic carbocycles. The first-order valence-corrected chi connectivity index (χ1v) is 9.69. The predicted octanol–water partition coefficient (Wildman–Crippen LogP) is 3.93. The van der Waals surface area contributed by atoms with Gasteiger partial charge in [-0.05, 0) is 56.4 Å². The zero-order valence-corrected chi connectivity index (χ0v) is 14.7. The fraction of sp³-hybridized carbons (Fsp3) is 0.650. The maximum Gasteiger partial charge on any atom is 0.221 e. The molecule has 24 heavy (non-hydrogen) atoms. The van der Waals surface area contributed by atoms with Crippen LogP contribution < -0.4 is 15.5 Å². The molecular weight excluding hydrogens is 298 g/mol. The Labute approximate surface area is 146 Å². The summed E-state index contributed by atoms with van der Waals surface area (Å²) in [5.74, 6) is 0.180. The lowest BCUT2D eigenvalue weighted by Crippen LogP contribution is -2.36. The lowest BCUT2D eigenvalue weighted by molar-refractivity contribution is -0.121. The number of nitrogens with zero attached hydrogens (tertiary/aromatic N) is 1. The van der Waals surface area contributed by atoms with E-state index in [4.69, 9.17) is 0 Å². The fourth-order valence-corrected chi connectivity index (χ4v) is 3.81. The van der Waals surface area contributed by atoms with Gasteiger partial charge in [0, 0.05) is 43.5 Å². The highest BCUT2D eigenvalue weighted by Gasteiger charge is 2.15. The van der Waals surface area contributed by atoms with Crippen molar-refractivity contribution < 1.29 is 4.79 Å². The van der Waals surface area contributed by atoms with Crippen LogP contribution in [0.2, 0.25) is 0 Å². The molecule has 4 heteroatoms. The third-order valence-electron chi connectivity index (χ3n) is 5.24. The first-order valence-electron chi connectivity index (χ1n) is 9.69. The molecule has 1 aromatic carbocycles. The van der Waals surface area contributed by atoms with Gasteiger partial charge in [0.2, 0.25) is 5.91 Å². The van der Waals surface area contributed by atoms with Crippen molar-refractivity contribution in [3.8, 4) is 0 Å². The third kappa shape index (κ3) is 5.15. The summed E-state index contributed by atoms with van der Waals surface area (Å²) in [5.41, 5.74) is 2.41. The summed E-state index contributed by atoms with van der Waals surface area (Å²) in [6, 6.07) is 9.05. The second-order valence-corrected chi connectivity index (χ2v) is 7.17. The highest BCUT2D eigenvalue weighted by Crippen LogP contribution is 2.22. The maximum absolute atomic E-state index is 12.0. The molecule has 0 spiro atoms. The lowest BCUT2D eigenvalue weighted by atomic mass is 9.95. The van der Waals surface area contributed by atoms with Crippen LogP contribution in [-0.2, 0) is 4.79 Å². The minimum atomic E-state index is 0.180. The van der Waals surface area contributed by atoms with Crippen molar-refractivity contribution in [2.24, 2.45) is 0 Å². The molecular formula is C20H31N3O. The molecule has 0 bridgehead atoms. The number of carbonyl (C=O) groups is 1. The van der Waals surface area contributed by atoms with E-state index in [0.29, 0.717) is 19.0 Å². The first-order chi connectivity index (χ1) is 11.8. The monoisotopic (exact) mass is 329 g/mol. The Kier molecular flexibility index (Phi) is 6.39.